The number of hydrogen-bond acceptors (Lipinski definition) is 7. The number of benzene rings is 1. The van der Waals surface area contributed by atoms with Crippen molar-refractivity contribution < 1.29 is 19.1 Å². The molecule has 0 bridgehead atoms. The fourth-order valence-corrected chi connectivity index (χ4v) is 4.73. The first-order chi connectivity index (χ1) is 16.9. The van der Waals surface area contributed by atoms with Crippen molar-refractivity contribution in [2.45, 2.75) is 25.0 Å². The van der Waals surface area contributed by atoms with Crippen molar-refractivity contribution in [1.82, 2.24) is 14.5 Å². The zero-order valence-corrected chi connectivity index (χ0v) is 19.5. The largest absolute Gasteiger partial charge is 0.496 e. The standard InChI is InChI=1S/C25H26N6O4/c1-34-20-6-4-3-5-16(20)15-9-19-22(17(23(27)32)10-28-31(19)11-15)29-18-12-30(13-21(18)35-2)24(33)25(14-26)7-8-25/h3-6,9-11,18,21,29H,7-8,12-13H2,1-2H3,(H2,27,32)/t18-,21+/m1/s1. The molecule has 0 radical (unpaired) electrons. The number of carbonyl (C=O) groups is 2. The minimum atomic E-state index is -0.902. The molecule has 3 N–H and O–H groups in total. The van der Waals surface area contributed by atoms with Gasteiger partial charge in [0.25, 0.3) is 5.91 Å². The molecular weight excluding hydrogens is 448 g/mol. The van der Waals surface area contributed by atoms with Gasteiger partial charge in [0.2, 0.25) is 5.91 Å². The summed E-state index contributed by atoms with van der Waals surface area (Å²) < 4.78 is 12.8. The number of hydrogen-bond donors (Lipinski definition) is 2. The quantitative estimate of drug-likeness (QED) is 0.535. The summed E-state index contributed by atoms with van der Waals surface area (Å²) in [4.78, 5) is 26.9. The van der Waals surface area contributed by atoms with Gasteiger partial charge >= 0.3 is 0 Å². The lowest BCUT2D eigenvalue weighted by Crippen LogP contribution is -2.37. The molecule has 1 saturated carbocycles. The molecule has 1 aromatic carbocycles. The predicted molar refractivity (Wildman–Crippen MR) is 128 cm³/mol. The van der Waals surface area contributed by atoms with Crippen LogP contribution in [-0.2, 0) is 9.53 Å². The summed E-state index contributed by atoms with van der Waals surface area (Å²) in [7, 11) is 3.19. The second-order valence-electron chi connectivity index (χ2n) is 8.99. The van der Waals surface area contributed by atoms with Crippen LogP contribution < -0.4 is 15.8 Å². The van der Waals surface area contributed by atoms with Gasteiger partial charge in [-0.25, -0.2) is 4.52 Å². The fourth-order valence-electron chi connectivity index (χ4n) is 4.73. The maximum absolute atomic E-state index is 12.9. The Morgan fingerprint density at radius 2 is 2.03 bits per heavy atom. The molecule has 2 atom stereocenters. The smallest absolute Gasteiger partial charge is 0.252 e. The third kappa shape index (κ3) is 3.84. The summed E-state index contributed by atoms with van der Waals surface area (Å²) in [6, 6.07) is 11.4. The summed E-state index contributed by atoms with van der Waals surface area (Å²) in [5, 5.41) is 17.2. The number of anilines is 1. The van der Waals surface area contributed by atoms with E-state index in [4.69, 9.17) is 15.2 Å². The van der Waals surface area contributed by atoms with E-state index in [9.17, 15) is 14.9 Å². The molecule has 10 nitrogen and oxygen atoms in total. The summed E-state index contributed by atoms with van der Waals surface area (Å²) in [5.74, 6) is -0.0738. The zero-order valence-electron chi connectivity index (χ0n) is 19.5. The maximum atomic E-state index is 12.9. The molecule has 2 amide bonds. The van der Waals surface area contributed by atoms with E-state index in [1.54, 1.807) is 23.6 Å². The highest BCUT2D eigenvalue weighted by atomic mass is 16.5. The molecule has 1 aliphatic carbocycles. The Morgan fingerprint density at radius 3 is 2.69 bits per heavy atom. The van der Waals surface area contributed by atoms with E-state index in [0.717, 1.165) is 11.1 Å². The third-order valence-electron chi connectivity index (χ3n) is 6.88. The normalized spacial score (nSPS) is 20.4. The number of nitriles is 1. The van der Waals surface area contributed by atoms with E-state index in [1.807, 2.05) is 36.5 Å². The molecule has 2 fully saturated rings. The monoisotopic (exact) mass is 474 g/mol. The fraction of sp³-hybridized carbons (Fsp3) is 0.360. The minimum absolute atomic E-state index is 0.164. The number of amides is 2. The highest BCUT2D eigenvalue weighted by Gasteiger charge is 2.54. The highest BCUT2D eigenvalue weighted by molar-refractivity contribution is 6.02. The molecule has 10 heteroatoms. The van der Waals surface area contributed by atoms with Crippen LogP contribution in [0.1, 0.15) is 23.2 Å². The topological polar surface area (TPSA) is 135 Å². The van der Waals surface area contributed by atoms with Crippen molar-refractivity contribution in [2.75, 3.05) is 32.6 Å². The Labute approximate surface area is 202 Å². The predicted octanol–water partition coefficient (Wildman–Crippen LogP) is 2.05. The average Bonchev–Trinajstić information content (AvgIpc) is 3.38. The van der Waals surface area contributed by atoms with E-state index < -0.39 is 11.3 Å². The number of methoxy groups -OCH3 is 2. The maximum Gasteiger partial charge on any atom is 0.252 e. The summed E-state index contributed by atoms with van der Waals surface area (Å²) >= 11 is 0. The van der Waals surface area contributed by atoms with Crippen LogP contribution in [0.3, 0.4) is 0 Å². The minimum Gasteiger partial charge on any atom is -0.496 e. The number of carbonyl (C=O) groups excluding carboxylic acids is 2. The van der Waals surface area contributed by atoms with E-state index in [-0.39, 0.29) is 23.6 Å². The average molecular weight is 475 g/mol. The van der Waals surface area contributed by atoms with Gasteiger partial charge in [0.1, 0.15) is 11.2 Å². The molecule has 3 aromatic rings. The van der Waals surface area contributed by atoms with Gasteiger partial charge in [0.15, 0.2) is 0 Å². The van der Waals surface area contributed by atoms with Gasteiger partial charge in [-0.1, -0.05) is 18.2 Å². The van der Waals surface area contributed by atoms with Crippen LogP contribution in [0.25, 0.3) is 16.6 Å². The number of fused-ring (bicyclic) bond motifs is 1. The molecule has 2 aromatic heterocycles. The van der Waals surface area contributed by atoms with E-state index in [1.165, 1.54) is 6.20 Å². The summed E-state index contributed by atoms with van der Waals surface area (Å²) in [6.45, 7) is 0.699. The molecule has 0 spiro atoms. The molecule has 2 aliphatic rings. The molecular formula is C25H26N6O4. The molecule has 0 unspecified atom stereocenters. The first kappa shape index (κ1) is 22.7. The van der Waals surface area contributed by atoms with Crippen LogP contribution in [0.2, 0.25) is 0 Å². The van der Waals surface area contributed by atoms with E-state index in [2.05, 4.69) is 16.5 Å². The van der Waals surface area contributed by atoms with Crippen molar-refractivity contribution in [2.24, 2.45) is 11.1 Å². The van der Waals surface area contributed by atoms with Crippen LogP contribution in [0, 0.1) is 16.7 Å². The molecule has 35 heavy (non-hydrogen) atoms. The van der Waals surface area contributed by atoms with Gasteiger partial charge in [-0.05, 0) is 25.0 Å². The zero-order chi connectivity index (χ0) is 24.7. The number of nitrogens with one attached hydrogen (secondary N) is 1. The first-order valence-electron chi connectivity index (χ1n) is 11.4. The Hall–Kier alpha value is -4.10. The van der Waals surface area contributed by atoms with Crippen LogP contribution in [-0.4, -0.2) is 65.8 Å². The number of rotatable bonds is 7. The van der Waals surface area contributed by atoms with Crippen LogP contribution >= 0.6 is 0 Å². The van der Waals surface area contributed by atoms with Gasteiger partial charge in [-0.15, -0.1) is 0 Å². The van der Waals surface area contributed by atoms with Crippen molar-refractivity contribution in [3.05, 3.63) is 48.3 Å². The number of likely N-dealkylation sites (tertiary alicyclic amines) is 1. The number of nitrogens with zero attached hydrogens (tertiary/aromatic N) is 4. The SMILES string of the molecule is COc1ccccc1-c1cc2c(N[C@@H]3CN(C(=O)C4(C#N)CC4)C[C@@H]3OC)c(C(N)=O)cnn2c1. The Bertz CT molecular complexity index is 1360. The third-order valence-corrected chi connectivity index (χ3v) is 6.88. The van der Waals surface area contributed by atoms with Gasteiger partial charge in [0.05, 0.1) is 48.3 Å². The molecule has 5 rings (SSSR count). The van der Waals surface area contributed by atoms with Crippen molar-refractivity contribution in [3.63, 3.8) is 0 Å². The van der Waals surface area contributed by atoms with Gasteiger partial charge in [0, 0.05) is 37.5 Å². The number of ether oxygens (including phenoxy) is 2. The van der Waals surface area contributed by atoms with Crippen LogP contribution in [0.5, 0.6) is 5.75 Å². The summed E-state index contributed by atoms with van der Waals surface area (Å²) in [6.07, 6.45) is 4.12. The van der Waals surface area contributed by atoms with Crippen LogP contribution in [0.15, 0.2) is 42.7 Å². The van der Waals surface area contributed by atoms with Crippen molar-refractivity contribution >= 4 is 23.0 Å². The van der Waals surface area contributed by atoms with Crippen molar-refractivity contribution in [3.8, 4) is 22.9 Å². The van der Waals surface area contributed by atoms with E-state index >= 15 is 0 Å². The van der Waals surface area contributed by atoms with Gasteiger partial charge in [-0.2, -0.15) is 10.4 Å². The number of aromatic nitrogens is 2. The number of primary amides is 1. The second-order valence-corrected chi connectivity index (χ2v) is 8.99. The van der Waals surface area contributed by atoms with E-state index in [0.29, 0.717) is 42.9 Å². The van der Waals surface area contributed by atoms with Gasteiger partial charge in [-0.3, -0.25) is 9.59 Å². The Balaban J connectivity index is 1.52. The molecule has 1 aliphatic heterocycles. The number of para-hydroxylation sites is 1. The Morgan fingerprint density at radius 1 is 1.26 bits per heavy atom. The molecule has 3 heterocycles. The lowest BCUT2D eigenvalue weighted by atomic mass is 10.1. The van der Waals surface area contributed by atoms with Crippen LogP contribution in [0.4, 0.5) is 5.69 Å². The number of nitrogens with two attached hydrogens (primary N) is 1. The highest BCUT2D eigenvalue weighted by Crippen LogP contribution is 2.47. The lowest BCUT2D eigenvalue weighted by Gasteiger charge is -2.21. The lowest BCUT2D eigenvalue weighted by molar-refractivity contribution is -0.134. The van der Waals surface area contributed by atoms with Crippen molar-refractivity contribution in [1.29, 1.82) is 5.26 Å². The Kier molecular flexibility index (Phi) is 5.57. The first-order valence-corrected chi connectivity index (χ1v) is 11.4. The summed E-state index contributed by atoms with van der Waals surface area (Å²) in [5.41, 5.74) is 7.92. The molecule has 180 valence electrons. The second kappa shape index (κ2) is 8.60. The molecule has 1 saturated heterocycles. The van der Waals surface area contributed by atoms with Gasteiger partial charge < -0.3 is 25.4 Å².